The van der Waals surface area contributed by atoms with Crippen LogP contribution in [0.15, 0.2) is 63.6 Å². The zero-order valence-electron chi connectivity index (χ0n) is 18.1. The van der Waals surface area contributed by atoms with Gasteiger partial charge in [-0.2, -0.15) is 10.1 Å². The van der Waals surface area contributed by atoms with Gasteiger partial charge in [0.2, 0.25) is 0 Å². The monoisotopic (exact) mass is 493 g/mol. The van der Waals surface area contributed by atoms with Crippen LogP contribution >= 0.6 is 23.2 Å². The van der Waals surface area contributed by atoms with Gasteiger partial charge < -0.3 is 4.42 Å². The van der Waals surface area contributed by atoms with Crippen molar-refractivity contribution in [1.29, 1.82) is 0 Å². The van der Waals surface area contributed by atoms with Gasteiger partial charge in [-0.05, 0) is 62.4 Å². The van der Waals surface area contributed by atoms with Gasteiger partial charge in [-0.3, -0.25) is 19.3 Å². The van der Waals surface area contributed by atoms with Crippen molar-refractivity contribution in [3.8, 4) is 11.3 Å². The Balaban J connectivity index is 1.43. The molecule has 3 amide bonds. The average Bonchev–Trinajstić information content (AvgIpc) is 3.45. The molecule has 0 saturated heterocycles. The maximum atomic E-state index is 13.0. The zero-order chi connectivity index (χ0) is 24.1. The maximum absolute atomic E-state index is 13.0. The van der Waals surface area contributed by atoms with Crippen molar-refractivity contribution in [2.24, 2.45) is 5.10 Å². The molecule has 1 aromatic heterocycles. The van der Waals surface area contributed by atoms with Crippen molar-refractivity contribution in [1.82, 2.24) is 4.90 Å². The number of hydrogen-bond acceptors (Lipinski definition) is 5. The van der Waals surface area contributed by atoms with Crippen molar-refractivity contribution in [3.63, 3.8) is 0 Å². The van der Waals surface area contributed by atoms with Crippen LogP contribution in [0.3, 0.4) is 0 Å². The van der Waals surface area contributed by atoms with Crippen LogP contribution in [0.2, 0.25) is 10.0 Å². The molecular formula is C25H17Cl2N3O4. The van der Waals surface area contributed by atoms with Crippen LogP contribution in [0.4, 0.5) is 5.69 Å². The predicted octanol–water partition coefficient (Wildman–Crippen LogP) is 5.68. The molecule has 0 aliphatic carbocycles. The maximum Gasteiger partial charge on any atom is 0.280 e. The largest absolute Gasteiger partial charge is 0.457 e. The number of nitrogens with zero attached hydrogens (tertiary/aromatic N) is 3. The van der Waals surface area contributed by atoms with E-state index in [1.165, 1.54) is 9.91 Å². The smallest absolute Gasteiger partial charge is 0.280 e. The van der Waals surface area contributed by atoms with Gasteiger partial charge in [-0.1, -0.05) is 29.3 Å². The highest BCUT2D eigenvalue weighted by molar-refractivity contribution is 6.36. The van der Waals surface area contributed by atoms with Crippen molar-refractivity contribution >= 4 is 58.4 Å². The second-order valence-corrected chi connectivity index (χ2v) is 8.68. The van der Waals surface area contributed by atoms with Gasteiger partial charge in [0, 0.05) is 22.2 Å². The highest BCUT2D eigenvalue weighted by atomic mass is 35.5. The molecule has 0 unspecified atom stereocenters. The summed E-state index contributed by atoms with van der Waals surface area (Å²) in [7, 11) is 0. The van der Waals surface area contributed by atoms with E-state index in [1.54, 1.807) is 68.5 Å². The Labute approximate surface area is 204 Å². The number of benzene rings is 2. The number of hydrazone groups is 1. The van der Waals surface area contributed by atoms with Crippen LogP contribution < -0.4 is 5.01 Å². The number of hydrogen-bond donors (Lipinski definition) is 0. The van der Waals surface area contributed by atoms with Gasteiger partial charge in [0.15, 0.2) is 0 Å². The van der Waals surface area contributed by atoms with Crippen LogP contribution in [-0.4, -0.2) is 34.9 Å². The van der Waals surface area contributed by atoms with E-state index in [0.29, 0.717) is 61.8 Å². The van der Waals surface area contributed by atoms with E-state index in [2.05, 4.69) is 5.10 Å². The minimum Gasteiger partial charge on any atom is -0.457 e. The lowest BCUT2D eigenvalue weighted by molar-refractivity contribution is -0.114. The summed E-state index contributed by atoms with van der Waals surface area (Å²) >= 11 is 12.1. The lowest BCUT2D eigenvalue weighted by Gasteiger charge is -2.12. The van der Waals surface area contributed by atoms with E-state index in [4.69, 9.17) is 27.6 Å². The zero-order valence-corrected chi connectivity index (χ0v) is 19.6. The molecule has 3 heterocycles. The van der Waals surface area contributed by atoms with Gasteiger partial charge in [0.1, 0.15) is 11.5 Å². The third-order valence-corrected chi connectivity index (χ3v) is 6.08. The molecule has 0 radical (unpaired) electrons. The second-order valence-electron chi connectivity index (χ2n) is 7.80. The summed E-state index contributed by atoms with van der Waals surface area (Å²) in [5.41, 5.74) is 2.73. The number of carbonyl (C=O) groups excluding carboxylic acids is 3. The van der Waals surface area contributed by atoms with Crippen LogP contribution in [0.5, 0.6) is 0 Å². The number of carbonyl (C=O) groups is 3. The standard InChI is InChI=1S/C25H17Cl2N3O4/c1-3-29-23(31)19-6-4-14(8-21(19)24(29)32)22-7-5-18(34-22)12-20-13(2)28-30(25(20)33)17-10-15(26)9-16(27)11-17/h4-12H,3H2,1-2H3. The summed E-state index contributed by atoms with van der Waals surface area (Å²) in [6, 6.07) is 13.3. The molecule has 0 spiro atoms. The van der Waals surface area contributed by atoms with Crippen LogP contribution in [-0.2, 0) is 4.79 Å². The number of fused-ring (bicyclic) bond motifs is 1. The highest BCUT2D eigenvalue weighted by Gasteiger charge is 2.34. The van der Waals surface area contributed by atoms with Crippen molar-refractivity contribution in [2.45, 2.75) is 13.8 Å². The average molecular weight is 494 g/mol. The summed E-state index contributed by atoms with van der Waals surface area (Å²) < 4.78 is 5.93. The quantitative estimate of drug-likeness (QED) is 0.346. The molecule has 2 aliphatic heterocycles. The first kappa shape index (κ1) is 22.1. The highest BCUT2D eigenvalue weighted by Crippen LogP contribution is 2.32. The lowest BCUT2D eigenvalue weighted by atomic mass is 10.0. The number of halogens is 2. The summed E-state index contributed by atoms with van der Waals surface area (Å²) in [5, 5.41) is 6.37. The molecule has 9 heteroatoms. The predicted molar refractivity (Wildman–Crippen MR) is 130 cm³/mol. The fraction of sp³-hybridized carbons (Fsp3) is 0.120. The number of amides is 3. The van der Waals surface area contributed by atoms with Crippen LogP contribution in [0.25, 0.3) is 17.4 Å². The van der Waals surface area contributed by atoms with Gasteiger partial charge in [-0.15, -0.1) is 0 Å². The SMILES string of the molecule is CCN1C(=O)c2ccc(-c3ccc(C=C4C(=O)N(c5cc(Cl)cc(Cl)c5)N=C4C)o3)cc2C1=O. The van der Waals surface area contributed by atoms with Crippen molar-refractivity contribution < 1.29 is 18.8 Å². The summed E-state index contributed by atoms with van der Waals surface area (Å²) in [6.07, 6.45) is 1.61. The Hall–Kier alpha value is -3.68. The second kappa shape index (κ2) is 8.27. The molecular weight excluding hydrogens is 477 g/mol. The van der Waals surface area contributed by atoms with E-state index < -0.39 is 0 Å². The first-order chi connectivity index (χ1) is 16.3. The number of anilines is 1. The van der Waals surface area contributed by atoms with Gasteiger partial charge in [0.25, 0.3) is 17.7 Å². The molecule has 0 N–H and O–H groups in total. The summed E-state index contributed by atoms with van der Waals surface area (Å²) in [6.45, 7) is 3.79. The minimum absolute atomic E-state index is 0.293. The normalized spacial score (nSPS) is 16.6. The van der Waals surface area contributed by atoms with E-state index in [-0.39, 0.29) is 17.7 Å². The van der Waals surface area contributed by atoms with E-state index in [9.17, 15) is 14.4 Å². The molecule has 7 nitrogen and oxygen atoms in total. The van der Waals surface area contributed by atoms with Crippen LogP contribution in [0.1, 0.15) is 40.3 Å². The molecule has 0 bridgehead atoms. The molecule has 2 aromatic carbocycles. The molecule has 0 atom stereocenters. The third-order valence-electron chi connectivity index (χ3n) is 5.64. The molecule has 170 valence electrons. The molecule has 0 saturated carbocycles. The summed E-state index contributed by atoms with van der Waals surface area (Å²) in [5.74, 6) is -0.00257. The van der Waals surface area contributed by atoms with E-state index in [1.807, 2.05) is 0 Å². The fourth-order valence-corrected chi connectivity index (χ4v) is 4.49. The van der Waals surface area contributed by atoms with Gasteiger partial charge in [-0.25, -0.2) is 0 Å². The summed E-state index contributed by atoms with van der Waals surface area (Å²) in [4.78, 5) is 39.1. The third kappa shape index (κ3) is 3.63. The Kier molecular flexibility index (Phi) is 5.38. The number of imide groups is 1. The minimum atomic E-state index is -0.338. The Morgan fingerprint density at radius 3 is 2.32 bits per heavy atom. The van der Waals surface area contributed by atoms with Crippen molar-refractivity contribution in [2.75, 3.05) is 11.6 Å². The number of furan rings is 1. The first-order valence-corrected chi connectivity index (χ1v) is 11.2. The molecule has 3 aromatic rings. The van der Waals surface area contributed by atoms with Crippen LogP contribution in [0, 0.1) is 0 Å². The molecule has 5 rings (SSSR count). The Morgan fingerprint density at radius 1 is 0.912 bits per heavy atom. The molecule has 34 heavy (non-hydrogen) atoms. The number of rotatable bonds is 4. The first-order valence-electron chi connectivity index (χ1n) is 10.4. The van der Waals surface area contributed by atoms with E-state index in [0.717, 1.165) is 0 Å². The fourth-order valence-electron chi connectivity index (χ4n) is 3.98. The van der Waals surface area contributed by atoms with Crippen molar-refractivity contribution in [3.05, 3.63) is 81.0 Å². The Morgan fingerprint density at radius 2 is 1.62 bits per heavy atom. The lowest BCUT2D eigenvalue weighted by Crippen LogP contribution is -2.29. The Bertz CT molecular complexity index is 1430. The topological polar surface area (TPSA) is 83.2 Å². The molecule has 2 aliphatic rings. The van der Waals surface area contributed by atoms with Gasteiger partial charge in [0.05, 0.1) is 28.1 Å². The molecule has 0 fully saturated rings. The van der Waals surface area contributed by atoms with Gasteiger partial charge >= 0.3 is 0 Å². The van der Waals surface area contributed by atoms with E-state index >= 15 is 0 Å².